The number of aliphatic hydroxyl groups excluding tert-OH is 1. The molecule has 0 aliphatic heterocycles. The number of aliphatic hydroxyl groups is 1. The molecule has 5 nitrogen and oxygen atoms in total. The topological polar surface area (TPSA) is 78.4 Å². The Morgan fingerprint density at radius 2 is 1.90 bits per heavy atom. The van der Waals surface area contributed by atoms with Crippen LogP contribution in [-0.4, -0.2) is 23.0 Å². The van der Waals surface area contributed by atoms with Crippen LogP contribution in [0.5, 0.6) is 0 Å². The number of benzene rings is 1. The van der Waals surface area contributed by atoms with Crippen molar-refractivity contribution >= 4 is 11.8 Å². The summed E-state index contributed by atoms with van der Waals surface area (Å²) in [5, 5.41) is 14.5. The fourth-order valence-electron chi connectivity index (χ4n) is 1.89. The van der Waals surface area contributed by atoms with E-state index in [9.17, 15) is 9.59 Å². The second kappa shape index (κ2) is 7.65. The highest BCUT2D eigenvalue weighted by Crippen LogP contribution is 2.06. The maximum Gasteiger partial charge on any atom is 0.243 e. The standard InChI is InChI=1S/C15H22N2O3/c1-10(2)14(17-11(3)19)15(20)16-8-12-5-4-6-13(7-12)9-18/h4-7,10,14,18H,8-9H2,1-3H3,(H,16,20)(H,17,19). The average molecular weight is 278 g/mol. The number of hydrogen-bond acceptors (Lipinski definition) is 3. The van der Waals surface area contributed by atoms with E-state index in [0.29, 0.717) is 6.54 Å². The molecule has 1 aromatic carbocycles. The largest absolute Gasteiger partial charge is 0.392 e. The van der Waals surface area contributed by atoms with Crippen LogP contribution in [0, 0.1) is 5.92 Å². The van der Waals surface area contributed by atoms with Crippen molar-refractivity contribution in [2.45, 2.75) is 40.0 Å². The molecule has 0 aliphatic carbocycles. The molecule has 0 heterocycles. The van der Waals surface area contributed by atoms with Crippen LogP contribution in [0.25, 0.3) is 0 Å². The van der Waals surface area contributed by atoms with Crippen molar-refractivity contribution in [3.8, 4) is 0 Å². The Balaban J connectivity index is 2.62. The van der Waals surface area contributed by atoms with E-state index < -0.39 is 6.04 Å². The second-order valence-corrected chi connectivity index (χ2v) is 5.12. The van der Waals surface area contributed by atoms with Crippen molar-refractivity contribution in [3.05, 3.63) is 35.4 Å². The molecule has 1 atom stereocenters. The van der Waals surface area contributed by atoms with Gasteiger partial charge in [-0.25, -0.2) is 0 Å². The lowest BCUT2D eigenvalue weighted by Gasteiger charge is -2.21. The molecule has 5 heteroatoms. The Labute approximate surface area is 119 Å². The number of rotatable bonds is 6. The van der Waals surface area contributed by atoms with E-state index in [1.807, 2.05) is 38.1 Å². The predicted octanol–water partition coefficient (Wildman–Crippen LogP) is 0.956. The lowest BCUT2D eigenvalue weighted by atomic mass is 10.0. The minimum absolute atomic E-state index is 0.0164. The highest BCUT2D eigenvalue weighted by molar-refractivity contribution is 5.86. The van der Waals surface area contributed by atoms with Gasteiger partial charge in [-0.3, -0.25) is 9.59 Å². The maximum atomic E-state index is 12.1. The fourth-order valence-corrected chi connectivity index (χ4v) is 1.89. The molecule has 0 aromatic heterocycles. The minimum atomic E-state index is -0.534. The van der Waals surface area contributed by atoms with Crippen LogP contribution in [0.2, 0.25) is 0 Å². The molecular formula is C15H22N2O3. The summed E-state index contributed by atoms with van der Waals surface area (Å²) in [6.07, 6.45) is 0. The van der Waals surface area contributed by atoms with Gasteiger partial charge in [0.2, 0.25) is 11.8 Å². The summed E-state index contributed by atoms with van der Waals surface area (Å²) in [7, 11) is 0. The van der Waals surface area contributed by atoms with E-state index in [1.54, 1.807) is 0 Å². The van der Waals surface area contributed by atoms with Gasteiger partial charge in [0.1, 0.15) is 6.04 Å². The van der Waals surface area contributed by atoms with Crippen molar-refractivity contribution in [3.63, 3.8) is 0 Å². The van der Waals surface area contributed by atoms with Crippen LogP contribution in [-0.2, 0) is 22.7 Å². The second-order valence-electron chi connectivity index (χ2n) is 5.12. The van der Waals surface area contributed by atoms with E-state index in [2.05, 4.69) is 10.6 Å². The number of carbonyl (C=O) groups excluding carboxylic acids is 2. The zero-order chi connectivity index (χ0) is 15.1. The van der Waals surface area contributed by atoms with Crippen LogP contribution in [0.4, 0.5) is 0 Å². The number of hydrogen-bond donors (Lipinski definition) is 3. The first-order chi connectivity index (χ1) is 9.43. The Morgan fingerprint density at radius 1 is 1.25 bits per heavy atom. The average Bonchev–Trinajstić information content (AvgIpc) is 2.42. The molecule has 0 bridgehead atoms. The third-order valence-electron chi connectivity index (χ3n) is 2.95. The summed E-state index contributed by atoms with van der Waals surface area (Å²) in [6.45, 7) is 5.50. The zero-order valence-corrected chi connectivity index (χ0v) is 12.1. The van der Waals surface area contributed by atoms with Crippen molar-refractivity contribution in [2.24, 2.45) is 5.92 Å². The van der Waals surface area contributed by atoms with E-state index >= 15 is 0 Å². The smallest absolute Gasteiger partial charge is 0.243 e. The summed E-state index contributed by atoms with van der Waals surface area (Å²) in [5.41, 5.74) is 1.72. The van der Waals surface area contributed by atoms with Crippen LogP contribution in [0.3, 0.4) is 0 Å². The summed E-state index contributed by atoms with van der Waals surface area (Å²) in [5.74, 6) is -0.409. The third-order valence-corrected chi connectivity index (χ3v) is 2.95. The number of amides is 2. The molecule has 2 amide bonds. The van der Waals surface area contributed by atoms with Gasteiger partial charge in [-0.05, 0) is 17.0 Å². The number of carbonyl (C=O) groups is 2. The Morgan fingerprint density at radius 3 is 2.45 bits per heavy atom. The minimum Gasteiger partial charge on any atom is -0.392 e. The van der Waals surface area contributed by atoms with Gasteiger partial charge in [0.05, 0.1) is 6.61 Å². The maximum absolute atomic E-state index is 12.1. The summed E-state index contributed by atoms with van der Waals surface area (Å²) >= 11 is 0. The fraction of sp³-hybridized carbons (Fsp3) is 0.467. The van der Waals surface area contributed by atoms with Gasteiger partial charge in [0.25, 0.3) is 0 Å². The molecule has 1 unspecified atom stereocenters. The van der Waals surface area contributed by atoms with E-state index in [4.69, 9.17) is 5.11 Å². The first-order valence-corrected chi connectivity index (χ1v) is 6.67. The van der Waals surface area contributed by atoms with Gasteiger partial charge >= 0.3 is 0 Å². The Bertz CT molecular complexity index is 472. The molecule has 3 N–H and O–H groups in total. The molecule has 20 heavy (non-hydrogen) atoms. The molecule has 1 rings (SSSR count). The van der Waals surface area contributed by atoms with Gasteiger partial charge in [-0.2, -0.15) is 0 Å². The molecule has 0 saturated carbocycles. The Hall–Kier alpha value is -1.88. The van der Waals surface area contributed by atoms with Gasteiger partial charge in [0.15, 0.2) is 0 Å². The molecule has 0 aliphatic rings. The summed E-state index contributed by atoms with van der Waals surface area (Å²) in [6, 6.07) is 6.83. The molecule has 1 aromatic rings. The van der Waals surface area contributed by atoms with E-state index in [1.165, 1.54) is 6.92 Å². The van der Waals surface area contributed by atoms with Gasteiger partial charge in [-0.15, -0.1) is 0 Å². The zero-order valence-electron chi connectivity index (χ0n) is 12.1. The summed E-state index contributed by atoms with van der Waals surface area (Å²) < 4.78 is 0. The van der Waals surface area contributed by atoms with Crippen LogP contribution >= 0.6 is 0 Å². The first kappa shape index (κ1) is 16.2. The quantitative estimate of drug-likeness (QED) is 0.725. The van der Waals surface area contributed by atoms with E-state index in [0.717, 1.165) is 11.1 Å². The monoisotopic (exact) mass is 278 g/mol. The molecule has 0 radical (unpaired) electrons. The van der Waals surface area contributed by atoms with Crippen LogP contribution in [0.15, 0.2) is 24.3 Å². The lowest BCUT2D eigenvalue weighted by Crippen LogP contribution is -2.48. The lowest BCUT2D eigenvalue weighted by molar-refractivity contribution is -0.129. The normalized spacial score (nSPS) is 12.1. The SMILES string of the molecule is CC(=O)NC(C(=O)NCc1cccc(CO)c1)C(C)C. The first-order valence-electron chi connectivity index (χ1n) is 6.67. The van der Waals surface area contributed by atoms with Crippen LogP contribution < -0.4 is 10.6 Å². The highest BCUT2D eigenvalue weighted by Gasteiger charge is 2.22. The van der Waals surface area contributed by atoms with Gasteiger partial charge in [-0.1, -0.05) is 38.1 Å². The number of nitrogens with one attached hydrogen (secondary N) is 2. The van der Waals surface area contributed by atoms with Crippen LogP contribution in [0.1, 0.15) is 31.9 Å². The molecule has 0 spiro atoms. The van der Waals surface area contributed by atoms with Gasteiger partial charge in [0, 0.05) is 13.5 Å². The molecule has 0 saturated heterocycles. The van der Waals surface area contributed by atoms with Crippen molar-refractivity contribution in [2.75, 3.05) is 0 Å². The Kier molecular flexibility index (Phi) is 6.18. The summed E-state index contributed by atoms with van der Waals surface area (Å²) in [4.78, 5) is 23.2. The molecule has 110 valence electrons. The van der Waals surface area contributed by atoms with E-state index in [-0.39, 0.29) is 24.3 Å². The van der Waals surface area contributed by atoms with Gasteiger partial charge < -0.3 is 15.7 Å². The molecule has 0 fully saturated rings. The molecular weight excluding hydrogens is 256 g/mol. The van der Waals surface area contributed by atoms with Crippen molar-refractivity contribution < 1.29 is 14.7 Å². The highest BCUT2D eigenvalue weighted by atomic mass is 16.3. The predicted molar refractivity (Wildman–Crippen MR) is 76.7 cm³/mol. The van der Waals surface area contributed by atoms with Crippen molar-refractivity contribution in [1.82, 2.24) is 10.6 Å². The third kappa shape index (κ3) is 5.01. The van der Waals surface area contributed by atoms with Crippen molar-refractivity contribution in [1.29, 1.82) is 0 Å².